The number of anilines is 1. The van der Waals surface area contributed by atoms with Crippen LogP contribution in [0.3, 0.4) is 0 Å². The summed E-state index contributed by atoms with van der Waals surface area (Å²) in [5.74, 6) is -1.19. The molecular weight excluding hydrogens is 413 g/mol. The molecule has 0 atom stereocenters. The maximum atomic E-state index is 13.1. The zero-order valence-electron chi connectivity index (χ0n) is 15.6. The van der Waals surface area contributed by atoms with Crippen LogP contribution in [0, 0.1) is 12.7 Å². The molecule has 2 aromatic carbocycles. The molecule has 0 fully saturated rings. The molecule has 0 saturated heterocycles. The minimum Gasteiger partial charge on any atom is -0.322 e. The first kappa shape index (κ1) is 19.6. The zero-order chi connectivity index (χ0) is 21.3. The van der Waals surface area contributed by atoms with E-state index in [1.807, 2.05) is 0 Å². The first-order valence-electron chi connectivity index (χ1n) is 8.86. The van der Waals surface area contributed by atoms with Crippen LogP contribution in [0.4, 0.5) is 10.1 Å². The number of carbonyl (C=O) groups is 1. The first-order valence-corrected chi connectivity index (χ1v) is 9.23. The summed E-state index contributed by atoms with van der Waals surface area (Å²) in [6, 6.07) is 12.7. The SMILES string of the molecule is Cc1nn(Cc2ccc(F)cc2)c(Cl)c1C(=O)Nc1cccc(-c2noc(=O)[nH]2)c1. The lowest BCUT2D eigenvalue weighted by Gasteiger charge is -2.07. The molecular formula is C20H15ClFN5O3. The number of carbonyl (C=O) groups excluding carboxylic acids is 1. The van der Waals surface area contributed by atoms with Gasteiger partial charge < -0.3 is 5.32 Å². The Hall–Kier alpha value is -3.72. The van der Waals surface area contributed by atoms with Gasteiger partial charge in [0.15, 0.2) is 5.82 Å². The molecule has 152 valence electrons. The van der Waals surface area contributed by atoms with Gasteiger partial charge in [-0.1, -0.05) is 41.0 Å². The second-order valence-electron chi connectivity index (χ2n) is 6.51. The number of hydrogen-bond donors (Lipinski definition) is 2. The molecule has 30 heavy (non-hydrogen) atoms. The van der Waals surface area contributed by atoms with Crippen LogP contribution in [0.15, 0.2) is 57.8 Å². The van der Waals surface area contributed by atoms with Gasteiger partial charge in [-0.3, -0.25) is 14.3 Å². The van der Waals surface area contributed by atoms with Gasteiger partial charge in [-0.15, -0.1) is 0 Å². The Labute approximate surface area is 174 Å². The minimum atomic E-state index is -0.671. The van der Waals surface area contributed by atoms with Gasteiger partial charge in [0.1, 0.15) is 11.0 Å². The van der Waals surface area contributed by atoms with Crippen molar-refractivity contribution in [3.63, 3.8) is 0 Å². The van der Waals surface area contributed by atoms with Crippen molar-refractivity contribution in [1.29, 1.82) is 0 Å². The number of rotatable bonds is 5. The number of nitrogens with one attached hydrogen (secondary N) is 2. The lowest BCUT2D eigenvalue weighted by Crippen LogP contribution is -2.13. The van der Waals surface area contributed by atoms with Crippen molar-refractivity contribution in [2.24, 2.45) is 0 Å². The topological polar surface area (TPSA) is 106 Å². The number of aromatic amines is 1. The minimum absolute atomic E-state index is 0.173. The maximum absolute atomic E-state index is 13.1. The van der Waals surface area contributed by atoms with Crippen molar-refractivity contribution in [2.75, 3.05) is 5.32 Å². The summed E-state index contributed by atoms with van der Waals surface area (Å²) in [6.45, 7) is 1.97. The molecule has 0 spiro atoms. The van der Waals surface area contributed by atoms with E-state index >= 15 is 0 Å². The Balaban J connectivity index is 1.56. The number of H-pyrrole nitrogens is 1. The monoisotopic (exact) mass is 427 g/mol. The third-order valence-corrected chi connectivity index (χ3v) is 4.76. The predicted molar refractivity (Wildman–Crippen MR) is 108 cm³/mol. The van der Waals surface area contributed by atoms with Gasteiger partial charge in [0.25, 0.3) is 5.91 Å². The van der Waals surface area contributed by atoms with E-state index in [0.717, 1.165) is 5.56 Å². The molecule has 0 saturated carbocycles. The quantitative estimate of drug-likeness (QED) is 0.506. The molecule has 0 aliphatic rings. The van der Waals surface area contributed by atoms with Crippen LogP contribution in [0.5, 0.6) is 0 Å². The van der Waals surface area contributed by atoms with Crippen molar-refractivity contribution in [3.05, 3.63) is 86.9 Å². The average molecular weight is 428 g/mol. The fourth-order valence-corrected chi connectivity index (χ4v) is 3.29. The van der Waals surface area contributed by atoms with Crippen LogP contribution in [0.2, 0.25) is 5.15 Å². The van der Waals surface area contributed by atoms with Gasteiger partial charge in [0.05, 0.1) is 17.8 Å². The molecule has 0 radical (unpaired) electrons. The highest BCUT2D eigenvalue weighted by Crippen LogP contribution is 2.24. The molecule has 4 aromatic rings. The third-order valence-electron chi connectivity index (χ3n) is 4.37. The van der Waals surface area contributed by atoms with E-state index in [4.69, 9.17) is 11.6 Å². The highest BCUT2D eigenvalue weighted by Gasteiger charge is 2.21. The molecule has 8 nitrogen and oxygen atoms in total. The molecule has 2 heterocycles. The standard InChI is InChI=1S/C20H15ClFN5O3/c1-11-16(17(21)27(25-11)10-12-5-7-14(22)8-6-12)19(28)23-15-4-2-3-13(9-15)18-24-20(29)30-26-18/h2-9H,10H2,1H3,(H,23,28)(H,24,26,29). The number of aryl methyl sites for hydroxylation is 1. The Morgan fingerprint density at radius 3 is 2.73 bits per heavy atom. The number of nitrogens with zero attached hydrogens (tertiary/aromatic N) is 3. The van der Waals surface area contributed by atoms with Crippen molar-refractivity contribution in [3.8, 4) is 11.4 Å². The van der Waals surface area contributed by atoms with Gasteiger partial charge in [-0.05, 0) is 36.8 Å². The second kappa shape index (κ2) is 7.96. The highest BCUT2D eigenvalue weighted by atomic mass is 35.5. The van der Waals surface area contributed by atoms with Crippen LogP contribution in [-0.4, -0.2) is 25.8 Å². The van der Waals surface area contributed by atoms with Crippen LogP contribution >= 0.6 is 11.6 Å². The van der Waals surface area contributed by atoms with E-state index in [9.17, 15) is 14.0 Å². The van der Waals surface area contributed by atoms with Gasteiger partial charge in [0, 0.05) is 11.3 Å². The van der Waals surface area contributed by atoms with Gasteiger partial charge >= 0.3 is 5.76 Å². The van der Waals surface area contributed by atoms with E-state index in [-0.39, 0.29) is 22.4 Å². The highest BCUT2D eigenvalue weighted by molar-refractivity contribution is 6.33. The summed E-state index contributed by atoms with van der Waals surface area (Å²) in [6.07, 6.45) is 0. The summed E-state index contributed by atoms with van der Waals surface area (Å²) in [4.78, 5) is 26.4. The van der Waals surface area contributed by atoms with Crippen LogP contribution < -0.4 is 11.1 Å². The predicted octanol–water partition coefficient (Wildman–Crippen LogP) is 3.63. The third kappa shape index (κ3) is 4.01. The van der Waals surface area contributed by atoms with E-state index in [2.05, 4.69) is 25.1 Å². The number of hydrogen-bond acceptors (Lipinski definition) is 5. The van der Waals surface area contributed by atoms with Gasteiger partial charge in [-0.25, -0.2) is 13.9 Å². The number of aromatic nitrogens is 4. The zero-order valence-corrected chi connectivity index (χ0v) is 16.4. The van der Waals surface area contributed by atoms with Crippen molar-refractivity contribution >= 4 is 23.2 Å². The van der Waals surface area contributed by atoms with E-state index in [0.29, 0.717) is 23.5 Å². The lowest BCUT2D eigenvalue weighted by molar-refractivity contribution is 0.102. The van der Waals surface area contributed by atoms with Crippen molar-refractivity contribution in [2.45, 2.75) is 13.5 Å². The fourth-order valence-electron chi connectivity index (χ4n) is 2.97. The number of amides is 1. The molecule has 4 rings (SSSR count). The molecule has 10 heteroatoms. The smallest absolute Gasteiger partial charge is 0.322 e. The number of benzene rings is 2. The summed E-state index contributed by atoms with van der Waals surface area (Å²) in [5, 5.41) is 10.9. The summed E-state index contributed by atoms with van der Waals surface area (Å²) in [7, 11) is 0. The van der Waals surface area contributed by atoms with E-state index < -0.39 is 11.7 Å². The molecule has 0 unspecified atom stereocenters. The fraction of sp³-hybridized carbons (Fsp3) is 0.100. The normalized spacial score (nSPS) is 10.9. The van der Waals surface area contributed by atoms with E-state index in [1.54, 1.807) is 43.3 Å². The first-order chi connectivity index (χ1) is 14.4. The largest absolute Gasteiger partial charge is 0.439 e. The molecule has 1 amide bonds. The average Bonchev–Trinajstić information content (AvgIpc) is 3.27. The Morgan fingerprint density at radius 2 is 2.03 bits per heavy atom. The van der Waals surface area contributed by atoms with Gasteiger partial charge in [-0.2, -0.15) is 5.10 Å². The number of halogens is 2. The van der Waals surface area contributed by atoms with Crippen LogP contribution in [-0.2, 0) is 6.54 Å². The van der Waals surface area contributed by atoms with Crippen LogP contribution in [0.1, 0.15) is 21.6 Å². The van der Waals surface area contributed by atoms with Gasteiger partial charge in [0.2, 0.25) is 0 Å². The second-order valence-corrected chi connectivity index (χ2v) is 6.87. The summed E-state index contributed by atoms with van der Waals surface area (Å²) >= 11 is 6.41. The summed E-state index contributed by atoms with van der Waals surface area (Å²) in [5.41, 5.74) is 2.52. The van der Waals surface area contributed by atoms with Crippen molar-refractivity contribution < 1.29 is 13.7 Å². The Morgan fingerprint density at radius 1 is 1.27 bits per heavy atom. The molecule has 2 N–H and O–H groups in total. The Bertz CT molecular complexity index is 1280. The lowest BCUT2D eigenvalue weighted by atomic mass is 10.1. The summed E-state index contributed by atoms with van der Waals surface area (Å²) < 4.78 is 19.1. The molecule has 2 aromatic heterocycles. The maximum Gasteiger partial charge on any atom is 0.439 e. The molecule has 0 bridgehead atoms. The van der Waals surface area contributed by atoms with E-state index in [1.165, 1.54) is 16.8 Å². The molecule has 0 aliphatic carbocycles. The van der Waals surface area contributed by atoms with Crippen molar-refractivity contribution in [1.82, 2.24) is 19.9 Å². The Kier molecular flexibility index (Phi) is 5.20. The molecule has 0 aliphatic heterocycles. The van der Waals surface area contributed by atoms with Crippen LogP contribution in [0.25, 0.3) is 11.4 Å².